The summed E-state index contributed by atoms with van der Waals surface area (Å²) in [7, 11) is -3.52. The first-order valence-electron chi connectivity index (χ1n) is 6.73. The highest BCUT2D eigenvalue weighted by Crippen LogP contribution is 2.37. The van der Waals surface area contributed by atoms with Gasteiger partial charge in [-0.05, 0) is 30.4 Å². The van der Waals surface area contributed by atoms with Crippen LogP contribution in [0, 0.1) is 23.7 Å². The smallest absolute Gasteiger partial charge is 0.241 e. The summed E-state index contributed by atoms with van der Waals surface area (Å²) in [5.74, 6) is 6.62. The van der Waals surface area contributed by atoms with E-state index in [0.717, 1.165) is 6.42 Å². The van der Waals surface area contributed by atoms with Crippen molar-refractivity contribution in [2.75, 3.05) is 13.2 Å². The van der Waals surface area contributed by atoms with Crippen LogP contribution in [0.5, 0.6) is 0 Å². The lowest BCUT2D eigenvalue weighted by atomic mass is 10.2. The molecule has 1 fully saturated rings. The molecular formula is C15H19NO3S. The minimum absolute atomic E-state index is 0.0280. The number of aliphatic hydroxyl groups is 1. The van der Waals surface area contributed by atoms with Gasteiger partial charge in [-0.25, -0.2) is 13.1 Å². The first kappa shape index (κ1) is 15.0. The molecule has 2 rings (SSSR count). The molecule has 5 heteroatoms. The van der Waals surface area contributed by atoms with Crippen LogP contribution in [0.4, 0.5) is 0 Å². The number of hydrogen-bond donors (Lipinski definition) is 2. The van der Waals surface area contributed by atoms with Gasteiger partial charge >= 0.3 is 0 Å². The predicted molar refractivity (Wildman–Crippen MR) is 77.5 cm³/mol. The molecule has 1 aliphatic rings. The number of sulfonamides is 1. The highest BCUT2D eigenvalue weighted by molar-refractivity contribution is 7.89. The van der Waals surface area contributed by atoms with Crippen molar-refractivity contribution in [1.82, 2.24) is 4.72 Å². The van der Waals surface area contributed by atoms with E-state index in [9.17, 15) is 8.42 Å². The van der Waals surface area contributed by atoms with E-state index in [1.807, 2.05) is 0 Å². The second-order valence-electron chi connectivity index (χ2n) is 5.10. The maximum Gasteiger partial charge on any atom is 0.241 e. The zero-order valence-electron chi connectivity index (χ0n) is 11.5. The molecule has 0 amide bonds. The van der Waals surface area contributed by atoms with Gasteiger partial charge in [0, 0.05) is 18.5 Å². The van der Waals surface area contributed by atoms with Crippen LogP contribution < -0.4 is 4.72 Å². The minimum atomic E-state index is -3.52. The normalized spacial score (nSPS) is 21.1. The molecule has 0 aromatic heterocycles. The summed E-state index contributed by atoms with van der Waals surface area (Å²) in [6.45, 7) is 2.58. The fourth-order valence-corrected chi connectivity index (χ4v) is 3.25. The lowest BCUT2D eigenvalue weighted by Crippen LogP contribution is -2.26. The molecule has 1 aromatic carbocycles. The van der Waals surface area contributed by atoms with Crippen LogP contribution in [0.2, 0.25) is 0 Å². The number of hydrogen-bond acceptors (Lipinski definition) is 3. The van der Waals surface area contributed by atoms with Crippen LogP contribution in [0.25, 0.3) is 0 Å². The Labute approximate surface area is 120 Å². The average molecular weight is 293 g/mol. The van der Waals surface area contributed by atoms with Gasteiger partial charge in [0.05, 0.1) is 11.5 Å². The molecular weight excluding hydrogens is 274 g/mol. The van der Waals surface area contributed by atoms with Gasteiger partial charge in [0.15, 0.2) is 0 Å². The second-order valence-corrected chi connectivity index (χ2v) is 6.83. The molecule has 0 bridgehead atoms. The molecule has 0 aliphatic heterocycles. The van der Waals surface area contributed by atoms with Crippen molar-refractivity contribution in [1.29, 1.82) is 0 Å². The molecule has 0 heterocycles. The van der Waals surface area contributed by atoms with Crippen molar-refractivity contribution in [3.63, 3.8) is 0 Å². The van der Waals surface area contributed by atoms with E-state index in [1.54, 1.807) is 24.3 Å². The van der Waals surface area contributed by atoms with Crippen LogP contribution in [-0.4, -0.2) is 26.7 Å². The first-order valence-corrected chi connectivity index (χ1v) is 8.21. The Morgan fingerprint density at radius 3 is 2.75 bits per heavy atom. The zero-order valence-corrected chi connectivity index (χ0v) is 12.3. The molecule has 0 spiro atoms. The maximum absolute atomic E-state index is 12.3. The van der Waals surface area contributed by atoms with Crippen LogP contribution in [0.1, 0.15) is 25.3 Å². The van der Waals surface area contributed by atoms with Crippen molar-refractivity contribution in [3.8, 4) is 11.8 Å². The van der Waals surface area contributed by atoms with Crippen molar-refractivity contribution in [3.05, 3.63) is 29.8 Å². The van der Waals surface area contributed by atoms with Gasteiger partial charge in [0.2, 0.25) is 10.0 Å². The summed E-state index contributed by atoms with van der Waals surface area (Å²) in [4.78, 5) is 0.207. The number of nitrogens with one attached hydrogen (secondary N) is 1. The minimum Gasteiger partial charge on any atom is -0.395 e. The van der Waals surface area contributed by atoms with Gasteiger partial charge in [-0.3, -0.25) is 0 Å². The molecule has 1 aliphatic carbocycles. The van der Waals surface area contributed by atoms with Gasteiger partial charge < -0.3 is 5.11 Å². The molecule has 108 valence electrons. The van der Waals surface area contributed by atoms with Crippen molar-refractivity contribution in [2.45, 2.75) is 24.7 Å². The SMILES string of the molecule is CC1CC1CNS(=O)(=O)c1ccccc1C#CCCO. The summed E-state index contributed by atoms with van der Waals surface area (Å²) in [5, 5.41) is 8.72. The summed E-state index contributed by atoms with van der Waals surface area (Å²) < 4.78 is 27.2. The van der Waals surface area contributed by atoms with Crippen molar-refractivity contribution < 1.29 is 13.5 Å². The Hall–Kier alpha value is -1.35. The van der Waals surface area contributed by atoms with E-state index in [1.165, 1.54) is 0 Å². The number of rotatable bonds is 5. The monoisotopic (exact) mass is 293 g/mol. The molecule has 4 nitrogen and oxygen atoms in total. The van der Waals surface area contributed by atoms with Gasteiger partial charge in [-0.1, -0.05) is 30.9 Å². The third-order valence-corrected chi connectivity index (χ3v) is 4.93. The van der Waals surface area contributed by atoms with E-state index in [-0.39, 0.29) is 11.5 Å². The predicted octanol–water partition coefficient (Wildman–Crippen LogP) is 1.35. The van der Waals surface area contributed by atoms with Gasteiger partial charge in [-0.2, -0.15) is 0 Å². The largest absolute Gasteiger partial charge is 0.395 e. The molecule has 0 saturated heterocycles. The van der Waals surface area contributed by atoms with E-state index in [4.69, 9.17) is 5.11 Å². The van der Waals surface area contributed by atoms with Gasteiger partial charge in [0.25, 0.3) is 0 Å². The molecule has 2 N–H and O–H groups in total. The van der Waals surface area contributed by atoms with Gasteiger partial charge in [-0.15, -0.1) is 0 Å². The lowest BCUT2D eigenvalue weighted by molar-refractivity contribution is 0.305. The number of aliphatic hydroxyl groups excluding tert-OH is 1. The molecule has 1 saturated carbocycles. The summed E-state index contributed by atoms with van der Waals surface area (Å²) in [6, 6.07) is 6.68. The Balaban J connectivity index is 2.16. The first-order chi connectivity index (χ1) is 9.54. The Morgan fingerprint density at radius 2 is 2.10 bits per heavy atom. The average Bonchev–Trinajstić information content (AvgIpc) is 3.13. The third-order valence-electron chi connectivity index (χ3n) is 3.45. The van der Waals surface area contributed by atoms with E-state index in [2.05, 4.69) is 23.5 Å². The fraction of sp³-hybridized carbons (Fsp3) is 0.467. The van der Waals surface area contributed by atoms with Crippen LogP contribution in [-0.2, 0) is 10.0 Å². The van der Waals surface area contributed by atoms with Crippen molar-refractivity contribution >= 4 is 10.0 Å². The quantitative estimate of drug-likeness (QED) is 0.806. The molecule has 2 unspecified atom stereocenters. The second kappa shape index (κ2) is 6.40. The Morgan fingerprint density at radius 1 is 1.40 bits per heavy atom. The molecule has 0 radical (unpaired) electrons. The van der Waals surface area contributed by atoms with Crippen LogP contribution >= 0.6 is 0 Å². The summed E-state index contributed by atoms with van der Waals surface area (Å²) in [6.07, 6.45) is 1.42. The highest BCUT2D eigenvalue weighted by atomic mass is 32.2. The molecule has 1 aromatic rings. The third kappa shape index (κ3) is 3.83. The van der Waals surface area contributed by atoms with E-state index >= 15 is 0 Å². The summed E-state index contributed by atoms with van der Waals surface area (Å²) in [5.41, 5.74) is 0.470. The summed E-state index contributed by atoms with van der Waals surface area (Å²) >= 11 is 0. The standard InChI is InChI=1S/C15H19NO3S/c1-12-10-14(12)11-16-20(18,19)15-8-3-2-6-13(15)7-4-5-9-17/h2-3,6,8,12,14,16-17H,5,9-11H2,1H3. The topological polar surface area (TPSA) is 66.4 Å². The lowest BCUT2D eigenvalue weighted by Gasteiger charge is -2.08. The van der Waals surface area contributed by atoms with E-state index < -0.39 is 10.0 Å². The maximum atomic E-state index is 12.3. The van der Waals surface area contributed by atoms with Crippen LogP contribution in [0.15, 0.2) is 29.2 Å². The highest BCUT2D eigenvalue weighted by Gasteiger charge is 2.33. The zero-order chi connectivity index (χ0) is 14.6. The Bertz CT molecular complexity index is 628. The van der Waals surface area contributed by atoms with Gasteiger partial charge in [0.1, 0.15) is 0 Å². The van der Waals surface area contributed by atoms with Crippen LogP contribution in [0.3, 0.4) is 0 Å². The van der Waals surface area contributed by atoms with E-state index in [0.29, 0.717) is 30.4 Å². The Kier molecular flexibility index (Phi) is 4.81. The van der Waals surface area contributed by atoms with Crippen molar-refractivity contribution in [2.24, 2.45) is 11.8 Å². The fourth-order valence-electron chi connectivity index (χ4n) is 2.00. The molecule has 20 heavy (non-hydrogen) atoms. The molecule has 2 atom stereocenters. The number of benzene rings is 1.